The number of hydrogen-bond donors (Lipinski definition) is 3. The Bertz CT molecular complexity index is 1160. The van der Waals surface area contributed by atoms with Gasteiger partial charge in [-0.1, -0.05) is 17.7 Å². The Morgan fingerprint density at radius 1 is 1.33 bits per heavy atom. The molecule has 1 saturated carbocycles. The first kappa shape index (κ1) is 26.7. The minimum atomic E-state index is -0.883. The number of rotatable bonds is 11. The zero-order chi connectivity index (χ0) is 26.4. The second kappa shape index (κ2) is 10.2. The van der Waals surface area contributed by atoms with Crippen molar-refractivity contribution in [2.75, 3.05) is 20.3 Å². The molecule has 0 unspecified atom stereocenters. The SMILES string of the molecule is COc1ccc(CC(C)(C)NC[C@@H](O)CO[C@H](C)c2c(Cl)cc(C)c3c2[C@@H]2[C@H](O3)[C@H]2C(=O)O)c(F)c1. The summed E-state index contributed by atoms with van der Waals surface area (Å²) in [5.41, 5.74) is 2.45. The number of carboxylic acid groups (broad SMARTS) is 1. The zero-order valence-corrected chi connectivity index (χ0v) is 21.9. The fourth-order valence-corrected chi connectivity index (χ4v) is 5.45. The van der Waals surface area contributed by atoms with Crippen molar-refractivity contribution >= 4 is 17.6 Å². The number of hydrogen-bond acceptors (Lipinski definition) is 6. The van der Waals surface area contributed by atoms with E-state index in [1.54, 1.807) is 18.2 Å². The van der Waals surface area contributed by atoms with E-state index in [1.165, 1.54) is 13.2 Å². The third-order valence-corrected chi connectivity index (χ3v) is 7.29. The van der Waals surface area contributed by atoms with Crippen molar-refractivity contribution in [3.8, 4) is 11.5 Å². The van der Waals surface area contributed by atoms with Gasteiger partial charge in [0.1, 0.15) is 29.3 Å². The number of aliphatic carboxylic acids is 1. The van der Waals surface area contributed by atoms with Crippen LogP contribution in [-0.2, 0) is 16.0 Å². The summed E-state index contributed by atoms with van der Waals surface area (Å²) in [6.45, 7) is 7.87. The van der Waals surface area contributed by atoms with Gasteiger partial charge in [0.2, 0.25) is 0 Å². The van der Waals surface area contributed by atoms with Gasteiger partial charge in [0, 0.05) is 40.2 Å². The summed E-state index contributed by atoms with van der Waals surface area (Å²) >= 11 is 6.57. The molecular formula is C27H33ClFNO6. The van der Waals surface area contributed by atoms with Crippen LogP contribution < -0.4 is 14.8 Å². The van der Waals surface area contributed by atoms with E-state index in [-0.39, 0.29) is 31.0 Å². The van der Waals surface area contributed by atoms with Gasteiger partial charge in [-0.3, -0.25) is 4.79 Å². The lowest BCUT2D eigenvalue weighted by molar-refractivity contribution is -0.139. The van der Waals surface area contributed by atoms with Gasteiger partial charge in [0.05, 0.1) is 25.9 Å². The minimum absolute atomic E-state index is 0.0391. The molecule has 1 fully saturated rings. The highest BCUT2D eigenvalue weighted by molar-refractivity contribution is 6.31. The van der Waals surface area contributed by atoms with E-state index in [2.05, 4.69) is 5.32 Å². The number of nitrogens with one attached hydrogen (secondary N) is 1. The Kier molecular flexibility index (Phi) is 7.53. The first-order valence-electron chi connectivity index (χ1n) is 12.0. The second-order valence-corrected chi connectivity index (χ2v) is 10.7. The summed E-state index contributed by atoms with van der Waals surface area (Å²) in [6.07, 6.45) is -1.24. The number of benzene rings is 2. The highest BCUT2D eigenvalue weighted by Gasteiger charge is 2.64. The van der Waals surface area contributed by atoms with Gasteiger partial charge < -0.3 is 29.7 Å². The molecule has 196 valence electrons. The molecule has 0 amide bonds. The molecular weight excluding hydrogens is 489 g/mol. The number of β-amino-alcohol motifs (C(OH)–C–C–N with tert-alkyl or cyclic N) is 1. The number of aliphatic hydroxyl groups is 1. The molecule has 0 spiro atoms. The Morgan fingerprint density at radius 2 is 2.06 bits per heavy atom. The smallest absolute Gasteiger partial charge is 0.311 e. The number of fused-ring (bicyclic) bond motifs is 3. The van der Waals surface area contributed by atoms with Crippen molar-refractivity contribution in [1.29, 1.82) is 0 Å². The normalized spacial score (nSPS) is 21.8. The van der Waals surface area contributed by atoms with Gasteiger partial charge >= 0.3 is 5.97 Å². The summed E-state index contributed by atoms with van der Waals surface area (Å²) in [5, 5.41) is 23.8. The van der Waals surface area contributed by atoms with Gasteiger partial charge in [0.25, 0.3) is 0 Å². The Hall–Kier alpha value is -2.39. The van der Waals surface area contributed by atoms with E-state index in [0.29, 0.717) is 34.1 Å². The van der Waals surface area contributed by atoms with Crippen molar-refractivity contribution in [2.45, 2.75) is 63.9 Å². The van der Waals surface area contributed by atoms with E-state index in [9.17, 15) is 19.4 Å². The summed E-state index contributed by atoms with van der Waals surface area (Å²) in [4.78, 5) is 11.6. The van der Waals surface area contributed by atoms with Gasteiger partial charge in [-0.25, -0.2) is 4.39 Å². The number of halogens is 2. The summed E-state index contributed by atoms with van der Waals surface area (Å²) in [5.74, 6) is -0.879. The fraction of sp³-hybridized carbons (Fsp3) is 0.519. The van der Waals surface area contributed by atoms with Crippen LogP contribution >= 0.6 is 11.6 Å². The summed E-state index contributed by atoms with van der Waals surface area (Å²) in [7, 11) is 1.49. The third kappa shape index (κ3) is 5.32. The molecule has 1 heterocycles. The third-order valence-electron chi connectivity index (χ3n) is 6.97. The van der Waals surface area contributed by atoms with Crippen LogP contribution in [-0.4, -0.2) is 54.2 Å². The first-order chi connectivity index (χ1) is 16.9. The Labute approximate surface area is 215 Å². The lowest BCUT2D eigenvalue weighted by Gasteiger charge is -2.29. The van der Waals surface area contributed by atoms with Crippen LogP contribution in [0.2, 0.25) is 5.02 Å². The molecule has 0 aromatic heterocycles. The first-order valence-corrected chi connectivity index (χ1v) is 12.4. The lowest BCUT2D eigenvalue weighted by atomic mass is 9.94. The summed E-state index contributed by atoms with van der Waals surface area (Å²) < 4.78 is 31.3. The number of carbonyl (C=O) groups is 1. The highest BCUT2D eigenvalue weighted by Crippen LogP contribution is 2.62. The average molecular weight is 522 g/mol. The topological polar surface area (TPSA) is 97.3 Å². The predicted molar refractivity (Wildman–Crippen MR) is 134 cm³/mol. The molecule has 0 saturated heterocycles. The van der Waals surface area contributed by atoms with Crippen molar-refractivity contribution in [3.05, 3.63) is 57.4 Å². The van der Waals surface area contributed by atoms with Crippen molar-refractivity contribution in [1.82, 2.24) is 5.32 Å². The maximum absolute atomic E-state index is 14.4. The molecule has 4 rings (SSSR count). The largest absolute Gasteiger partial charge is 0.497 e. The van der Waals surface area contributed by atoms with Gasteiger partial charge in [-0.05, 0) is 57.4 Å². The standard InChI is InChI=1S/C27H33ClFNO6/c1-13-8-18(28)20(21-22-23(26(32)33)25(22)36-24(13)21)14(2)35-12-16(31)11-30-27(3,4)10-15-6-7-17(34-5)9-19(15)29/h6-9,14,16,22-23,25,30-31H,10-12H2,1-5H3,(H,32,33)/t14-,16-,22+,23+,25+/m1/s1. The Morgan fingerprint density at radius 3 is 2.69 bits per heavy atom. The molecule has 2 aromatic carbocycles. The molecule has 3 N–H and O–H groups in total. The number of methoxy groups -OCH3 is 1. The van der Waals surface area contributed by atoms with Crippen molar-refractivity contribution in [2.24, 2.45) is 5.92 Å². The molecule has 5 atom stereocenters. The number of aryl methyl sites for hydroxylation is 1. The molecule has 1 aliphatic carbocycles. The van der Waals surface area contributed by atoms with E-state index in [1.807, 2.05) is 27.7 Å². The molecule has 2 aromatic rings. The molecule has 0 radical (unpaired) electrons. The van der Waals surface area contributed by atoms with Crippen LogP contribution in [0.25, 0.3) is 0 Å². The predicted octanol–water partition coefficient (Wildman–Crippen LogP) is 4.40. The quantitative estimate of drug-likeness (QED) is 0.403. The molecule has 0 bridgehead atoms. The molecule has 1 aliphatic heterocycles. The molecule has 9 heteroatoms. The van der Waals surface area contributed by atoms with Crippen molar-refractivity contribution in [3.63, 3.8) is 0 Å². The molecule has 2 aliphatic rings. The zero-order valence-electron chi connectivity index (χ0n) is 21.1. The van der Waals surface area contributed by atoms with E-state index >= 15 is 0 Å². The summed E-state index contributed by atoms with van der Waals surface area (Å²) in [6, 6.07) is 6.58. The van der Waals surface area contributed by atoms with Crippen LogP contribution in [0.3, 0.4) is 0 Å². The number of ether oxygens (including phenoxy) is 3. The second-order valence-electron chi connectivity index (χ2n) is 10.3. The molecule has 36 heavy (non-hydrogen) atoms. The fourth-order valence-electron chi connectivity index (χ4n) is 5.03. The monoisotopic (exact) mass is 521 g/mol. The molecule has 7 nitrogen and oxygen atoms in total. The van der Waals surface area contributed by atoms with Crippen molar-refractivity contribution < 1.29 is 33.6 Å². The van der Waals surface area contributed by atoms with Crippen LogP contribution in [0.4, 0.5) is 4.39 Å². The average Bonchev–Trinajstić information content (AvgIpc) is 3.40. The minimum Gasteiger partial charge on any atom is -0.497 e. The van der Waals surface area contributed by atoms with Gasteiger partial charge in [0.15, 0.2) is 0 Å². The van der Waals surface area contributed by atoms with Crippen LogP contribution in [0, 0.1) is 18.7 Å². The maximum Gasteiger partial charge on any atom is 0.311 e. The van der Waals surface area contributed by atoms with E-state index < -0.39 is 29.6 Å². The maximum atomic E-state index is 14.4. The highest BCUT2D eigenvalue weighted by atomic mass is 35.5. The van der Waals surface area contributed by atoms with E-state index in [0.717, 1.165) is 11.1 Å². The Balaban J connectivity index is 1.35. The lowest BCUT2D eigenvalue weighted by Crippen LogP contribution is -2.46. The van der Waals surface area contributed by atoms with Gasteiger partial charge in [-0.2, -0.15) is 0 Å². The van der Waals surface area contributed by atoms with Crippen LogP contribution in [0.1, 0.15) is 55.0 Å². The van der Waals surface area contributed by atoms with Crippen LogP contribution in [0.5, 0.6) is 11.5 Å². The number of aliphatic hydroxyl groups excluding tert-OH is 1. The van der Waals surface area contributed by atoms with E-state index in [4.69, 9.17) is 25.8 Å². The number of carboxylic acids is 1. The van der Waals surface area contributed by atoms with Gasteiger partial charge in [-0.15, -0.1) is 0 Å². The van der Waals surface area contributed by atoms with Crippen LogP contribution in [0.15, 0.2) is 24.3 Å².